The van der Waals surface area contributed by atoms with Crippen LogP contribution in [0, 0.1) is 13.8 Å². The molecule has 0 spiro atoms. The third-order valence-electron chi connectivity index (χ3n) is 3.96. The van der Waals surface area contributed by atoms with Gasteiger partial charge in [-0.25, -0.2) is 0 Å². The number of aryl methyl sites for hydroxylation is 2. The number of ether oxygens (including phenoxy) is 1. The first kappa shape index (κ1) is 19.4. The summed E-state index contributed by atoms with van der Waals surface area (Å²) in [6.07, 6.45) is 0.208. The maximum Gasteiger partial charge on any atom is 0.261 e. The molecule has 1 atom stereocenters. The van der Waals surface area contributed by atoms with Crippen molar-refractivity contribution < 1.29 is 9.53 Å². The predicted octanol–water partition coefficient (Wildman–Crippen LogP) is 4.51. The molecule has 0 aliphatic heterocycles. The van der Waals surface area contributed by atoms with Gasteiger partial charge in [0.25, 0.3) is 5.91 Å². The van der Waals surface area contributed by atoms with Crippen LogP contribution >= 0.6 is 11.8 Å². The molecule has 0 radical (unpaired) electrons. The zero-order chi connectivity index (χ0) is 18.1. The van der Waals surface area contributed by atoms with E-state index < -0.39 is 6.10 Å². The molecule has 1 N–H and O–H groups in total. The number of hydrogen-bond donors (Lipinski definition) is 1. The highest BCUT2D eigenvalue weighted by Crippen LogP contribution is 2.19. The molecule has 0 aromatic heterocycles. The van der Waals surface area contributed by atoms with Crippen LogP contribution in [0.25, 0.3) is 0 Å². The molecule has 4 heteroatoms. The molecule has 25 heavy (non-hydrogen) atoms. The van der Waals surface area contributed by atoms with Gasteiger partial charge < -0.3 is 10.1 Å². The van der Waals surface area contributed by atoms with Gasteiger partial charge in [0.15, 0.2) is 6.10 Å². The Morgan fingerprint density at radius 2 is 1.84 bits per heavy atom. The molecule has 2 rings (SSSR count). The van der Waals surface area contributed by atoms with Crippen LogP contribution in [0.15, 0.2) is 48.5 Å². The second-order valence-electron chi connectivity index (χ2n) is 6.11. The van der Waals surface area contributed by atoms with Crippen LogP contribution < -0.4 is 10.1 Å². The standard InChI is InChI=1S/C21H27NO2S/c1-4-19(24-20-8-6-5-7-17(20)3)21(23)22-13-14-25-15-18-11-9-16(2)10-12-18/h5-12,19H,4,13-15H2,1-3H3,(H,22,23)/t19-/m0/s1. The summed E-state index contributed by atoms with van der Waals surface area (Å²) in [6, 6.07) is 16.4. The summed E-state index contributed by atoms with van der Waals surface area (Å²) in [5, 5.41) is 2.98. The zero-order valence-corrected chi connectivity index (χ0v) is 16.1. The summed E-state index contributed by atoms with van der Waals surface area (Å²) in [7, 11) is 0. The number of hydrogen-bond acceptors (Lipinski definition) is 3. The number of carbonyl (C=O) groups excluding carboxylic acids is 1. The quantitative estimate of drug-likeness (QED) is 0.671. The number of rotatable bonds is 9. The van der Waals surface area contributed by atoms with Gasteiger partial charge in [-0.05, 0) is 37.5 Å². The van der Waals surface area contributed by atoms with Crippen molar-refractivity contribution in [3.8, 4) is 5.75 Å². The first-order chi connectivity index (χ1) is 12.1. The summed E-state index contributed by atoms with van der Waals surface area (Å²) in [4.78, 5) is 12.3. The Balaban J connectivity index is 1.71. The molecule has 0 fully saturated rings. The van der Waals surface area contributed by atoms with Crippen molar-refractivity contribution in [1.29, 1.82) is 0 Å². The summed E-state index contributed by atoms with van der Waals surface area (Å²) >= 11 is 1.82. The van der Waals surface area contributed by atoms with Gasteiger partial charge in [0.1, 0.15) is 5.75 Å². The fourth-order valence-corrected chi connectivity index (χ4v) is 3.22. The molecular weight excluding hydrogens is 330 g/mol. The lowest BCUT2D eigenvalue weighted by Gasteiger charge is -2.18. The summed E-state index contributed by atoms with van der Waals surface area (Å²) in [5.41, 5.74) is 3.64. The smallest absolute Gasteiger partial charge is 0.261 e. The van der Waals surface area contributed by atoms with Crippen LogP contribution in [-0.4, -0.2) is 24.3 Å². The lowest BCUT2D eigenvalue weighted by Crippen LogP contribution is -2.39. The third kappa shape index (κ3) is 6.46. The van der Waals surface area contributed by atoms with E-state index in [-0.39, 0.29) is 5.91 Å². The van der Waals surface area contributed by atoms with Crippen molar-refractivity contribution in [2.24, 2.45) is 0 Å². The van der Waals surface area contributed by atoms with Gasteiger partial charge in [-0.2, -0.15) is 11.8 Å². The van der Waals surface area contributed by atoms with E-state index >= 15 is 0 Å². The lowest BCUT2D eigenvalue weighted by molar-refractivity contribution is -0.128. The first-order valence-electron chi connectivity index (χ1n) is 8.73. The Labute approximate surface area is 155 Å². The molecule has 134 valence electrons. The van der Waals surface area contributed by atoms with E-state index in [1.807, 2.05) is 49.9 Å². The molecular formula is C21H27NO2S. The van der Waals surface area contributed by atoms with Gasteiger partial charge in [-0.1, -0.05) is 55.0 Å². The highest BCUT2D eigenvalue weighted by atomic mass is 32.2. The Morgan fingerprint density at radius 1 is 1.12 bits per heavy atom. The molecule has 0 saturated heterocycles. The normalized spacial score (nSPS) is 11.8. The first-order valence-corrected chi connectivity index (χ1v) is 9.89. The fraction of sp³-hybridized carbons (Fsp3) is 0.381. The van der Waals surface area contributed by atoms with Crippen molar-refractivity contribution in [1.82, 2.24) is 5.32 Å². The SMILES string of the molecule is CC[C@H](Oc1ccccc1C)C(=O)NCCSCc1ccc(C)cc1. The number of amides is 1. The van der Waals surface area contributed by atoms with E-state index in [4.69, 9.17) is 4.74 Å². The van der Waals surface area contributed by atoms with Gasteiger partial charge in [0.05, 0.1) is 0 Å². The fourth-order valence-electron chi connectivity index (χ4n) is 2.40. The summed E-state index contributed by atoms with van der Waals surface area (Å²) in [5.74, 6) is 2.59. The van der Waals surface area contributed by atoms with Crippen LogP contribution in [0.2, 0.25) is 0 Å². The second kappa shape index (κ2) is 10.1. The minimum atomic E-state index is -0.441. The van der Waals surface area contributed by atoms with E-state index in [1.165, 1.54) is 11.1 Å². The van der Waals surface area contributed by atoms with Crippen molar-refractivity contribution in [3.63, 3.8) is 0 Å². The molecule has 0 aliphatic carbocycles. The molecule has 2 aromatic rings. The molecule has 3 nitrogen and oxygen atoms in total. The molecule has 0 saturated carbocycles. The predicted molar refractivity (Wildman–Crippen MR) is 106 cm³/mol. The third-order valence-corrected chi connectivity index (χ3v) is 4.99. The van der Waals surface area contributed by atoms with Gasteiger partial charge in [0, 0.05) is 18.1 Å². The van der Waals surface area contributed by atoms with Crippen molar-refractivity contribution in [2.75, 3.05) is 12.3 Å². The number of nitrogens with one attached hydrogen (secondary N) is 1. The minimum Gasteiger partial charge on any atom is -0.480 e. The summed E-state index contributed by atoms with van der Waals surface area (Å²) < 4.78 is 5.87. The Hall–Kier alpha value is -1.94. The van der Waals surface area contributed by atoms with Crippen LogP contribution in [0.3, 0.4) is 0 Å². The van der Waals surface area contributed by atoms with Crippen LogP contribution in [0.1, 0.15) is 30.0 Å². The Bertz CT molecular complexity index is 670. The monoisotopic (exact) mass is 357 g/mol. The molecule has 0 heterocycles. The van der Waals surface area contributed by atoms with Crippen LogP contribution in [0.4, 0.5) is 0 Å². The van der Waals surface area contributed by atoms with Gasteiger partial charge in [-0.15, -0.1) is 0 Å². The molecule has 0 bridgehead atoms. The highest BCUT2D eigenvalue weighted by Gasteiger charge is 2.18. The van der Waals surface area contributed by atoms with Crippen LogP contribution in [0.5, 0.6) is 5.75 Å². The number of para-hydroxylation sites is 1. The minimum absolute atomic E-state index is 0.0401. The van der Waals surface area contributed by atoms with Crippen LogP contribution in [-0.2, 0) is 10.5 Å². The number of carbonyl (C=O) groups is 1. The van der Waals surface area contributed by atoms with Gasteiger partial charge >= 0.3 is 0 Å². The highest BCUT2D eigenvalue weighted by molar-refractivity contribution is 7.98. The second-order valence-corrected chi connectivity index (χ2v) is 7.21. The largest absolute Gasteiger partial charge is 0.480 e. The average Bonchev–Trinajstić information content (AvgIpc) is 2.62. The Kier molecular flexibility index (Phi) is 7.86. The van der Waals surface area contributed by atoms with E-state index in [9.17, 15) is 4.79 Å². The van der Waals surface area contributed by atoms with E-state index in [2.05, 4.69) is 36.5 Å². The van der Waals surface area contributed by atoms with Crippen molar-refractivity contribution in [2.45, 2.75) is 39.0 Å². The van der Waals surface area contributed by atoms with E-state index in [0.717, 1.165) is 22.8 Å². The van der Waals surface area contributed by atoms with Gasteiger partial charge in [-0.3, -0.25) is 4.79 Å². The average molecular weight is 358 g/mol. The molecule has 0 unspecified atom stereocenters. The molecule has 1 amide bonds. The van der Waals surface area contributed by atoms with E-state index in [1.54, 1.807) is 0 Å². The lowest BCUT2D eigenvalue weighted by atomic mass is 10.2. The Morgan fingerprint density at radius 3 is 2.52 bits per heavy atom. The topological polar surface area (TPSA) is 38.3 Å². The maximum absolute atomic E-state index is 12.3. The van der Waals surface area contributed by atoms with Crippen molar-refractivity contribution in [3.05, 3.63) is 65.2 Å². The summed E-state index contributed by atoms with van der Waals surface area (Å²) in [6.45, 7) is 6.70. The molecule has 0 aliphatic rings. The number of thioether (sulfide) groups is 1. The maximum atomic E-state index is 12.3. The van der Waals surface area contributed by atoms with Crippen molar-refractivity contribution >= 4 is 17.7 Å². The van der Waals surface area contributed by atoms with Gasteiger partial charge in [0.2, 0.25) is 0 Å². The number of benzene rings is 2. The molecule has 2 aromatic carbocycles. The van der Waals surface area contributed by atoms with E-state index in [0.29, 0.717) is 13.0 Å². The zero-order valence-electron chi connectivity index (χ0n) is 15.2.